The maximum Gasteiger partial charge on any atom is 0.416 e. The van der Waals surface area contributed by atoms with Gasteiger partial charge in [0, 0.05) is 12.2 Å². The molecule has 204 valence electrons. The molecular weight excluding hydrogens is 534 g/mol. The lowest BCUT2D eigenvalue weighted by Crippen LogP contribution is -2.37. The molecule has 6 nitrogen and oxygen atoms in total. The summed E-state index contributed by atoms with van der Waals surface area (Å²) < 4.78 is 59.0. The molecule has 0 aliphatic carbocycles. The van der Waals surface area contributed by atoms with Crippen molar-refractivity contribution in [3.05, 3.63) is 89.7 Å². The van der Waals surface area contributed by atoms with Gasteiger partial charge < -0.3 is 15.0 Å². The van der Waals surface area contributed by atoms with Crippen LogP contribution in [0.1, 0.15) is 30.9 Å². The minimum Gasteiger partial charge on any atom is -0.494 e. The summed E-state index contributed by atoms with van der Waals surface area (Å²) in [7, 11) is 0. The SMILES string of the molecule is CCCOc1ccc(NC(=O)CC2C(=O)N(c3cccc(C(F)(F)F)c3)C(=S)N2Cc2ccc(F)cc2)cc1. The van der Waals surface area contributed by atoms with Crippen molar-refractivity contribution in [3.63, 3.8) is 0 Å². The zero-order chi connectivity index (χ0) is 28.2. The molecule has 3 aromatic carbocycles. The molecule has 4 rings (SSSR count). The van der Waals surface area contributed by atoms with E-state index >= 15 is 0 Å². The molecule has 2 amide bonds. The summed E-state index contributed by atoms with van der Waals surface area (Å²) in [5, 5.41) is 2.67. The summed E-state index contributed by atoms with van der Waals surface area (Å²) in [6.07, 6.45) is -4.09. The van der Waals surface area contributed by atoms with E-state index in [-0.39, 0.29) is 23.8 Å². The molecule has 1 N–H and O–H groups in total. The Morgan fingerprint density at radius 3 is 2.38 bits per heavy atom. The normalized spacial score (nSPS) is 15.6. The van der Waals surface area contributed by atoms with Crippen LogP contribution in [-0.2, 0) is 22.3 Å². The van der Waals surface area contributed by atoms with Crippen molar-refractivity contribution < 1.29 is 31.9 Å². The zero-order valence-electron chi connectivity index (χ0n) is 20.9. The van der Waals surface area contributed by atoms with Gasteiger partial charge in [0.05, 0.1) is 24.3 Å². The van der Waals surface area contributed by atoms with Gasteiger partial charge in [-0.3, -0.25) is 14.5 Å². The van der Waals surface area contributed by atoms with Crippen LogP contribution in [0.2, 0.25) is 0 Å². The molecule has 1 aliphatic heterocycles. The maximum atomic E-state index is 13.5. The van der Waals surface area contributed by atoms with Crippen LogP contribution in [-0.4, -0.2) is 34.5 Å². The number of anilines is 2. The minimum absolute atomic E-state index is 0.0434. The third-order valence-electron chi connectivity index (χ3n) is 6.01. The molecule has 1 heterocycles. The first-order valence-corrected chi connectivity index (χ1v) is 12.6. The number of halogens is 4. The number of rotatable bonds is 9. The van der Waals surface area contributed by atoms with Crippen molar-refractivity contribution in [3.8, 4) is 5.75 Å². The Hall–Kier alpha value is -3.99. The number of amides is 2. The van der Waals surface area contributed by atoms with Crippen molar-refractivity contribution in [2.24, 2.45) is 0 Å². The smallest absolute Gasteiger partial charge is 0.416 e. The van der Waals surface area contributed by atoms with E-state index in [2.05, 4.69) is 5.32 Å². The van der Waals surface area contributed by atoms with Gasteiger partial charge in [0.2, 0.25) is 5.91 Å². The molecule has 1 fully saturated rings. The number of ether oxygens (including phenoxy) is 1. The predicted octanol–water partition coefficient (Wildman–Crippen LogP) is 6.16. The summed E-state index contributed by atoms with van der Waals surface area (Å²) in [4.78, 5) is 29.0. The monoisotopic (exact) mass is 559 g/mol. The quantitative estimate of drug-likeness (QED) is 0.251. The van der Waals surface area contributed by atoms with Crippen molar-refractivity contribution >= 4 is 40.5 Å². The fourth-order valence-electron chi connectivity index (χ4n) is 4.10. The molecule has 1 atom stereocenters. The molecule has 1 unspecified atom stereocenters. The number of hydrogen-bond donors (Lipinski definition) is 1. The van der Waals surface area contributed by atoms with E-state index in [0.29, 0.717) is 23.6 Å². The summed E-state index contributed by atoms with van der Waals surface area (Å²) >= 11 is 5.52. The van der Waals surface area contributed by atoms with Crippen LogP contribution in [0.15, 0.2) is 72.8 Å². The number of carbonyl (C=O) groups excluding carboxylic acids is 2. The van der Waals surface area contributed by atoms with E-state index in [0.717, 1.165) is 23.5 Å². The van der Waals surface area contributed by atoms with E-state index in [1.165, 1.54) is 41.3 Å². The van der Waals surface area contributed by atoms with E-state index in [1.807, 2.05) is 6.92 Å². The Bertz CT molecular complexity index is 1350. The van der Waals surface area contributed by atoms with E-state index in [1.54, 1.807) is 24.3 Å². The van der Waals surface area contributed by atoms with Gasteiger partial charge in [-0.05, 0) is 78.8 Å². The highest BCUT2D eigenvalue weighted by atomic mass is 32.1. The summed E-state index contributed by atoms with van der Waals surface area (Å²) in [6.45, 7) is 2.58. The van der Waals surface area contributed by atoms with Gasteiger partial charge in [0.25, 0.3) is 5.91 Å². The lowest BCUT2D eigenvalue weighted by Gasteiger charge is -2.24. The van der Waals surface area contributed by atoms with Crippen LogP contribution in [0.4, 0.5) is 28.9 Å². The van der Waals surface area contributed by atoms with Gasteiger partial charge >= 0.3 is 6.18 Å². The highest BCUT2D eigenvalue weighted by Crippen LogP contribution is 2.34. The topological polar surface area (TPSA) is 61.9 Å². The van der Waals surface area contributed by atoms with Crippen LogP contribution < -0.4 is 15.0 Å². The molecule has 0 aromatic heterocycles. The molecule has 0 saturated carbocycles. The predicted molar refractivity (Wildman–Crippen MR) is 143 cm³/mol. The average Bonchev–Trinajstić information content (AvgIpc) is 3.13. The highest BCUT2D eigenvalue weighted by Gasteiger charge is 2.44. The van der Waals surface area contributed by atoms with Crippen LogP contribution in [0, 0.1) is 5.82 Å². The summed E-state index contributed by atoms with van der Waals surface area (Å²) in [5.41, 5.74) is 0.0879. The first kappa shape index (κ1) is 28.0. The summed E-state index contributed by atoms with van der Waals surface area (Å²) in [5.74, 6) is -0.937. The molecule has 39 heavy (non-hydrogen) atoms. The number of alkyl halides is 3. The van der Waals surface area contributed by atoms with Gasteiger partial charge in [0.15, 0.2) is 5.11 Å². The van der Waals surface area contributed by atoms with Crippen LogP contribution in [0.5, 0.6) is 5.75 Å². The van der Waals surface area contributed by atoms with Crippen LogP contribution in [0.25, 0.3) is 0 Å². The lowest BCUT2D eigenvalue weighted by molar-refractivity contribution is -0.137. The van der Waals surface area contributed by atoms with Crippen molar-refractivity contribution in [2.45, 2.75) is 38.5 Å². The van der Waals surface area contributed by atoms with E-state index in [9.17, 15) is 27.2 Å². The third kappa shape index (κ3) is 6.72. The second-order valence-electron chi connectivity index (χ2n) is 8.90. The standard InChI is InChI=1S/C28H25F4N3O3S/c1-2-14-38-23-12-10-21(11-13-23)33-25(36)16-24-26(37)35(22-5-3-4-19(15-22)28(30,31)32)27(39)34(24)17-18-6-8-20(29)9-7-18/h3-13,15,24H,2,14,16-17H2,1H3,(H,33,36). The molecule has 3 aromatic rings. The Balaban J connectivity index is 1.58. The van der Waals surface area contributed by atoms with Gasteiger partial charge in [-0.1, -0.05) is 25.1 Å². The maximum absolute atomic E-state index is 13.5. The minimum atomic E-state index is -4.62. The highest BCUT2D eigenvalue weighted by molar-refractivity contribution is 7.80. The number of nitrogens with zero attached hydrogens (tertiary/aromatic N) is 2. The molecule has 0 spiro atoms. The molecule has 0 bridgehead atoms. The van der Waals surface area contributed by atoms with E-state index in [4.69, 9.17) is 17.0 Å². The molecule has 1 aliphatic rings. The third-order valence-corrected chi connectivity index (χ3v) is 6.42. The van der Waals surface area contributed by atoms with Gasteiger partial charge in [-0.15, -0.1) is 0 Å². The lowest BCUT2D eigenvalue weighted by atomic mass is 10.1. The molecule has 1 saturated heterocycles. The van der Waals surface area contributed by atoms with Gasteiger partial charge in [-0.2, -0.15) is 13.2 Å². The van der Waals surface area contributed by atoms with Crippen molar-refractivity contribution in [1.82, 2.24) is 4.90 Å². The van der Waals surface area contributed by atoms with Gasteiger partial charge in [-0.25, -0.2) is 4.39 Å². The fraction of sp³-hybridized carbons (Fsp3) is 0.250. The first-order chi connectivity index (χ1) is 18.6. The van der Waals surface area contributed by atoms with Crippen LogP contribution in [0.3, 0.4) is 0 Å². The van der Waals surface area contributed by atoms with Crippen molar-refractivity contribution in [1.29, 1.82) is 0 Å². The number of carbonyl (C=O) groups is 2. The zero-order valence-corrected chi connectivity index (χ0v) is 21.7. The molecule has 0 radical (unpaired) electrons. The first-order valence-electron chi connectivity index (χ1n) is 12.2. The second kappa shape index (κ2) is 11.8. The second-order valence-corrected chi connectivity index (χ2v) is 9.26. The molecular formula is C28H25F4N3O3S. The Kier molecular flexibility index (Phi) is 8.49. The fourth-order valence-corrected chi connectivity index (χ4v) is 4.49. The number of benzene rings is 3. The van der Waals surface area contributed by atoms with Crippen molar-refractivity contribution in [2.75, 3.05) is 16.8 Å². The van der Waals surface area contributed by atoms with E-state index < -0.39 is 35.4 Å². The Morgan fingerprint density at radius 1 is 1.05 bits per heavy atom. The number of thiocarbonyl (C=S) groups is 1. The number of nitrogens with one attached hydrogen (secondary N) is 1. The molecule has 11 heteroatoms. The van der Waals surface area contributed by atoms with Gasteiger partial charge in [0.1, 0.15) is 17.6 Å². The Morgan fingerprint density at radius 2 is 1.74 bits per heavy atom. The summed E-state index contributed by atoms with van der Waals surface area (Å²) in [6, 6.07) is 15.4. The largest absolute Gasteiger partial charge is 0.494 e. The van der Waals surface area contributed by atoms with Crippen LogP contribution >= 0.6 is 12.2 Å². The Labute approximate surface area is 228 Å². The number of hydrogen-bond acceptors (Lipinski definition) is 4. The average molecular weight is 560 g/mol.